The lowest BCUT2D eigenvalue weighted by Gasteiger charge is -2.53. The van der Waals surface area contributed by atoms with Gasteiger partial charge in [-0.25, -0.2) is 14.8 Å². The summed E-state index contributed by atoms with van der Waals surface area (Å²) in [5, 5.41) is 13.8. The highest BCUT2D eigenvalue weighted by atomic mass is 32.3. The summed E-state index contributed by atoms with van der Waals surface area (Å²) in [6.45, 7) is 7.27. The van der Waals surface area contributed by atoms with Gasteiger partial charge in [-0.1, -0.05) is 30.3 Å². The maximum absolute atomic E-state index is 13.5. The Morgan fingerprint density at radius 2 is 1.89 bits per heavy atom. The summed E-state index contributed by atoms with van der Waals surface area (Å²) in [6, 6.07) is 9.42. The Kier molecular flexibility index (Phi) is 6.94. The second-order valence-electron chi connectivity index (χ2n) is 10.8. The van der Waals surface area contributed by atoms with Crippen LogP contribution in [-0.4, -0.2) is 63.8 Å². The van der Waals surface area contributed by atoms with E-state index in [0.29, 0.717) is 25.6 Å². The molecule has 3 N–H and O–H groups in total. The molecule has 1 aliphatic heterocycles. The predicted molar refractivity (Wildman–Crippen MR) is 142 cm³/mol. The third-order valence-electron chi connectivity index (χ3n) is 7.68. The molecular weight excluding hydrogens is 462 g/mol. The van der Waals surface area contributed by atoms with Crippen molar-refractivity contribution in [3.8, 4) is 0 Å². The number of carbonyl (C=O) groups is 2. The number of hydrogen-bond donors (Lipinski definition) is 3. The van der Waals surface area contributed by atoms with E-state index in [2.05, 4.69) is 39.6 Å². The number of hydrogen-bond acceptors (Lipinski definition) is 4. The lowest BCUT2D eigenvalue weighted by molar-refractivity contribution is -0.120. The molecule has 0 unspecified atom stereocenters. The number of anilines is 1. The quantitative estimate of drug-likeness (QED) is 0.496. The van der Waals surface area contributed by atoms with Crippen molar-refractivity contribution >= 4 is 27.8 Å². The van der Waals surface area contributed by atoms with E-state index in [1.165, 1.54) is 0 Å². The van der Waals surface area contributed by atoms with Crippen molar-refractivity contribution in [2.75, 3.05) is 37.3 Å². The molecule has 2 heterocycles. The number of nitrogens with zero attached hydrogens (tertiary/aromatic N) is 2. The van der Waals surface area contributed by atoms with E-state index in [1.807, 2.05) is 51.1 Å². The molecule has 0 radical (unpaired) electrons. The topological polar surface area (TPSA) is 99.3 Å². The van der Waals surface area contributed by atoms with Gasteiger partial charge < -0.3 is 20.3 Å². The minimum Gasteiger partial charge on any atom is -0.379 e. The van der Waals surface area contributed by atoms with Gasteiger partial charge >= 0.3 is 6.03 Å². The Labute approximate surface area is 209 Å². The van der Waals surface area contributed by atoms with Crippen LogP contribution in [0.1, 0.15) is 62.9 Å². The Morgan fingerprint density at radius 1 is 1.20 bits per heavy atom. The van der Waals surface area contributed by atoms with Gasteiger partial charge in [-0.15, -0.1) is 0 Å². The van der Waals surface area contributed by atoms with Gasteiger partial charge in [-0.05, 0) is 64.4 Å². The second-order valence-corrected chi connectivity index (χ2v) is 15.2. The highest BCUT2D eigenvalue weighted by molar-refractivity contribution is 8.33. The number of nitrogens with one attached hydrogen (secondary N) is 3. The molecule has 1 atom stereocenters. The lowest BCUT2D eigenvalue weighted by Crippen LogP contribution is -2.51. The average molecular weight is 502 g/mol. The minimum atomic E-state index is -1.08. The first-order valence-corrected chi connectivity index (χ1v) is 15.1. The number of urea groups is 1. The second kappa shape index (κ2) is 9.50. The molecule has 1 aliphatic carbocycles. The molecule has 192 valence electrons. The summed E-state index contributed by atoms with van der Waals surface area (Å²) in [7, 11) is -1.08. The van der Waals surface area contributed by atoms with Gasteiger partial charge in [0.1, 0.15) is 0 Å². The summed E-state index contributed by atoms with van der Waals surface area (Å²) in [4.78, 5) is 28.7. The van der Waals surface area contributed by atoms with Crippen LogP contribution in [0, 0.1) is 0 Å². The van der Waals surface area contributed by atoms with Crippen LogP contribution in [0.2, 0.25) is 0 Å². The molecule has 1 saturated carbocycles. The number of H-pyrrole nitrogens is 1. The molecule has 0 bridgehead atoms. The molecule has 2 aliphatic rings. The average Bonchev–Trinajstić information content (AvgIpc) is 3.27. The van der Waals surface area contributed by atoms with E-state index in [9.17, 15) is 9.59 Å². The van der Waals surface area contributed by atoms with Crippen molar-refractivity contribution in [3.63, 3.8) is 0 Å². The molecule has 0 saturated heterocycles. The molecule has 1 aromatic heterocycles. The van der Waals surface area contributed by atoms with Crippen LogP contribution in [0.5, 0.6) is 0 Å². The van der Waals surface area contributed by atoms with Gasteiger partial charge in [0.15, 0.2) is 5.82 Å². The highest BCUT2D eigenvalue weighted by Gasteiger charge is 2.51. The van der Waals surface area contributed by atoms with E-state index < -0.39 is 15.6 Å². The molecule has 2 aromatic rings. The fourth-order valence-electron chi connectivity index (χ4n) is 5.15. The highest BCUT2D eigenvalue weighted by Crippen LogP contribution is 2.60. The first-order valence-electron chi connectivity index (χ1n) is 12.3. The molecule has 4 rings (SSSR count). The molecule has 1 fully saturated rings. The van der Waals surface area contributed by atoms with Crippen LogP contribution < -0.4 is 10.6 Å². The number of carbonyl (C=O) groups excluding carboxylic acids is 2. The van der Waals surface area contributed by atoms with Gasteiger partial charge in [0.05, 0.1) is 35.2 Å². The van der Waals surface area contributed by atoms with Crippen molar-refractivity contribution in [2.45, 2.75) is 62.9 Å². The molecule has 0 spiro atoms. The maximum Gasteiger partial charge on any atom is 0.319 e. The van der Waals surface area contributed by atoms with E-state index in [1.54, 1.807) is 4.90 Å². The van der Waals surface area contributed by atoms with E-state index in [0.717, 1.165) is 36.1 Å². The number of fused-ring (bicyclic) bond motifs is 1. The third-order valence-corrected chi connectivity index (χ3v) is 10.6. The fraction of sp³-hybridized carbons (Fsp3) is 0.577. The number of aromatic amines is 1. The van der Waals surface area contributed by atoms with Crippen LogP contribution in [0.25, 0.3) is 0 Å². The molecule has 3 amide bonds. The molecule has 35 heavy (non-hydrogen) atoms. The summed E-state index contributed by atoms with van der Waals surface area (Å²) in [6.07, 6.45) is 9.56. The molecule has 9 heteroatoms. The largest absolute Gasteiger partial charge is 0.379 e. The summed E-state index contributed by atoms with van der Waals surface area (Å²) >= 11 is 0. The van der Waals surface area contributed by atoms with Crippen molar-refractivity contribution in [3.05, 3.63) is 47.2 Å². The Bertz CT molecular complexity index is 1070. The predicted octanol–water partition coefficient (Wildman–Crippen LogP) is 4.50. The summed E-state index contributed by atoms with van der Waals surface area (Å²) < 4.78 is 5.36. The van der Waals surface area contributed by atoms with Gasteiger partial charge in [-0.2, -0.15) is 5.10 Å². The number of benzene rings is 1. The Morgan fingerprint density at radius 3 is 2.46 bits per heavy atom. The van der Waals surface area contributed by atoms with E-state index in [-0.39, 0.29) is 22.7 Å². The monoisotopic (exact) mass is 501 g/mol. The summed E-state index contributed by atoms with van der Waals surface area (Å²) in [5.74, 6) is 0.597. The van der Waals surface area contributed by atoms with Gasteiger partial charge in [0.25, 0.3) is 0 Å². The van der Waals surface area contributed by atoms with Crippen LogP contribution in [0.3, 0.4) is 0 Å². The van der Waals surface area contributed by atoms with Gasteiger partial charge in [0, 0.05) is 12.2 Å². The zero-order chi connectivity index (χ0) is 25.4. The Hall–Kier alpha value is -2.52. The van der Waals surface area contributed by atoms with Crippen LogP contribution in [0.4, 0.5) is 10.6 Å². The normalized spacial score (nSPS) is 19.4. The van der Waals surface area contributed by atoms with Crippen molar-refractivity contribution in [1.82, 2.24) is 20.4 Å². The van der Waals surface area contributed by atoms with Crippen molar-refractivity contribution < 1.29 is 14.3 Å². The van der Waals surface area contributed by atoms with Crippen molar-refractivity contribution in [2.24, 2.45) is 0 Å². The van der Waals surface area contributed by atoms with Crippen LogP contribution in [-0.2, 0) is 21.6 Å². The van der Waals surface area contributed by atoms with Crippen LogP contribution >= 0.6 is 10.0 Å². The standard InChI is InChI=1S/C26H39N5O3S/c1-7-34-17-20(18-12-9-8-10-13-18)27-24(33)31-16-19-21(25(31,2)3)29-30-22(19)28-23(32)26(14-11-15-26)35(4,5)6/h8-10,12-13,20H,7,11,14-17H2,1-6H3,(H,27,33)(H2,28,29,30,32)/t20-/m1/s1. The van der Waals surface area contributed by atoms with E-state index >= 15 is 0 Å². The number of ether oxygens (including phenoxy) is 1. The van der Waals surface area contributed by atoms with Crippen LogP contribution in [0.15, 0.2) is 30.3 Å². The van der Waals surface area contributed by atoms with Gasteiger partial charge in [0.2, 0.25) is 5.91 Å². The number of rotatable bonds is 8. The van der Waals surface area contributed by atoms with Gasteiger partial charge in [-0.3, -0.25) is 9.89 Å². The number of amides is 3. The van der Waals surface area contributed by atoms with E-state index in [4.69, 9.17) is 4.74 Å². The number of aromatic nitrogens is 2. The molecular formula is C26H39N5O3S. The summed E-state index contributed by atoms with van der Waals surface area (Å²) in [5.41, 5.74) is 2.12. The smallest absolute Gasteiger partial charge is 0.319 e. The first-order chi connectivity index (χ1) is 16.5. The molecule has 8 nitrogen and oxygen atoms in total. The van der Waals surface area contributed by atoms with Crippen molar-refractivity contribution in [1.29, 1.82) is 0 Å². The lowest BCUT2D eigenvalue weighted by atomic mass is 9.83. The minimum absolute atomic E-state index is 0.0575. The molecule has 1 aromatic carbocycles. The SMILES string of the molecule is CCOC[C@@H](NC(=O)N1Cc2c(NC(=O)C3(S(C)(C)C)CCC3)n[nH]c2C1(C)C)c1ccccc1. The first kappa shape index (κ1) is 25.6. The Balaban J connectivity index is 1.52. The zero-order valence-electron chi connectivity index (χ0n) is 21.7. The fourth-order valence-corrected chi connectivity index (χ4v) is 7.27. The maximum atomic E-state index is 13.5. The zero-order valence-corrected chi connectivity index (χ0v) is 22.6. The third kappa shape index (κ3) is 4.56.